The smallest absolute Gasteiger partial charge is 0.407 e. The first-order chi connectivity index (χ1) is 5.15. The average molecular weight is 163 g/mol. The summed E-state index contributed by atoms with van der Waals surface area (Å²) >= 11 is 0. The number of hydrogen-bond donors (Lipinski definition) is 2. The van der Waals surface area contributed by atoms with E-state index in [2.05, 4.69) is 0 Å². The highest BCUT2D eigenvalue weighted by Crippen LogP contribution is 2.18. The third kappa shape index (κ3) is 1.59. The monoisotopic (exact) mass is 163 g/mol. The largest absolute Gasteiger partial charge is 0.465 e. The van der Waals surface area contributed by atoms with Crippen molar-refractivity contribution in [3.05, 3.63) is 0 Å². The molecule has 2 atom stereocenters. The number of carboxylic acid groups (broad SMARTS) is 1. The molecule has 1 saturated heterocycles. The zero-order chi connectivity index (χ0) is 8.43. The first-order valence-electron chi connectivity index (χ1n) is 3.38. The molecule has 1 amide bonds. The SMILES string of the molecule is O=C(O)N1CC(F)[C@H](CO)C1. The van der Waals surface area contributed by atoms with E-state index in [1.54, 1.807) is 0 Å². The minimum Gasteiger partial charge on any atom is -0.465 e. The van der Waals surface area contributed by atoms with Gasteiger partial charge in [0, 0.05) is 12.5 Å². The van der Waals surface area contributed by atoms with E-state index in [1.165, 1.54) is 0 Å². The molecule has 2 N–H and O–H groups in total. The number of halogens is 1. The molecule has 64 valence electrons. The molecule has 0 aromatic rings. The molecule has 1 unspecified atom stereocenters. The Morgan fingerprint density at radius 2 is 2.27 bits per heavy atom. The standard InChI is InChI=1S/C6H10FNO3/c7-5-2-8(6(10)11)1-4(5)3-9/h4-5,9H,1-3H2,(H,10,11)/t4-,5?/m0/s1. The zero-order valence-corrected chi connectivity index (χ0v) is 5.90. The van der Waals surface area contributed by atoms with E-state index in [4.69, 9.17) is 10.2 Å². The van der Waals surface area contributed by atoms with E-state index in [-0.39, 0.29) is 19.7 Å². The van der Waals surface area contributed by atoms with Gasteiger partial charge in [-0.3, -0.25) is 0 Å². The molecule has 0 saturated carbocycles. The molecule has 5 heteroatoms. The molecular weight excluding hydrogens is 153 g/mol. The van der Waals surface area contributed by atoms with Gasteiger partial charge in [0.2, 0.25) is 0 Å². The van der Waals surface area contributed by atoms with Crippen molar-refractivity contribution in [1.82, 2.24) is 4.90 Å². The van der Waals surface area contributed by atoms with Crippen LogP contribution >= 0.6 is 0 Å². The molecule has 0 radical (unpaired) electrons. The molecule has 1 rings (SSSR count). The van der Waals surface area contributed by atoms with Gasteiger partial charge in [0.05, 0.1) is 13.2 Å². The first-order valence-corrected chi connectivity index (χ1v) is 3.38. The summed E-state index contributed by atoms with van der Waals surface area (Å²) in [6, 6.07) is 0. The zero-order valence-electron chi connectivity index (χ0n) is 5.90. The molecule has 1 aliphatic heterocycles. The Bertz CT molecular complexity index is 164. The van der Waals surface area contributed by atoms with Crippen LogP contribution in [0.1, 0.15) is 0 Å². The van der Waals surface area contributed by atoms with Crippen LogP contribution in [0.2, 0.25) is 0 Å². The number of likely N-dealkylation sites (tertiary alicyclic amines) is 1. The maximum atomic E-state index is 12.7. The fourth-order valence-electron chi connectivity index (χ4n) is 1.16. The summed E-state index contributed by atoms with van der Waals surface area (Å²) in [6.45, 7) is -0.293. The topological polar surface area (TPSA) is 60.8 Å². The normalized spacial score (nSPS) is 30.9. The molecule has 11 heavy (non-hydrogen) atoms. The second-order valence-corrected chi connectivity index (χ2v) is 2.65. The van der Waals surface area contributed by atoms with Gasteiger partial charge in [-0.05, 0) is 0 Å². The van der Waals surface area contributed by atoms with Crippen molar-refractivity contribution in [3.8, 4) is 0 Å². The quantitative estimate of drug-likeness (QED) is 0.568. The maximum Gasteiger partial charge on any atom is 0.407 e. The van der Waals surface area contributed by atoms with Crippen molar-refractivity contribution in [2.45, 2.75) is 6.17 Å². The van der Waals surface area contributed by atoms with Gasteiger partial charge < -0.3 is 15.1 Å². The Hall–Kier alpha value is -0.840. The Morgan fingerprint density at radius 3 is 2.55 bits per heavy atom. The van der Waals surface area contributed by atoms with Gasteiger partial charge >= 0.3 is 6.09 Å². The summed E-state index contributed by atoms with van der Waals surface area (Å²) in [5.74, 6) is -0.536. The highest BCUT2D eigenvalue weighted by atomic mass is 19.1. The molecule has 1 aliphatic rings. The number of amides is 1. The lowest BCUT2D eigenvalue weighted by Gasteiger charge is -2.09. The molecule has 1 heterocycles. The maximum absolute atomic E-state index is 12.7. The molecule has 0 aliphatic carbocycles. The molecule has 0 aromatic carbocycles. The number of aliphatic hydroxyl groups excluding tert-OH is 1. The summed E-state index contributed by atoms with van der Waals surface area (Å²) in [7, 11) is 0. The van der Waals surface area contributed by atoms with E-state index < -0.39 is 18.2 Å². The Kier molecular flexibility index (Phi) is 2.28. The lowest BCUT2D eigenvalue weighted by Crippen LogP contribution is -2.27. The van der Waals surface area contributed by atoms with Crippen molar-refractivity contribution in [3.63, 3.8) is 0 Å². The van der Waals surface area contributed by atoms with Crippen molar-refractivity contribution in [1.29, 1.82) is 0 Å². The first kappa shape index (κ1) is 8.26. The summed E-state index contributed by atoms with van der Waals surface area (Å²) in [5, 5.41) is 17.0. The number of nitrogens with zero attached hydrogens (tertiary/aromatic N) is 1. The third-order valence-corrected chi connectivity index (χ3v) is 1.87. The molecule has 0 aromatic heterocycles. The van der Waals surface area contributed by atoms with Gasteiger partial charge in [-0.15, -0.1) is 0 Å². The lowest BCUT2D eigenvalue weighted by molar-refractivity contribution is 0.150. The molecular formula is C6H10FNO3. The summed E-state index contributed by atoms with van der Waals surface area (Å²) in [4.78, 5) is 11.3. The van der Waals surface area contributed by atoms with Gasteiger partial charge in [0.25, 0.3) is 0 Å². The number of hydrogen-bond acceptors (Lipinski definition) is 2. The predicted molar refractivity (Wildman–Crippen MR) is 35.1 cm³/mol. The predicted octanol–water partition coefficient (Wildman–Crippen LogP) is -0.0734. The lowest BCUT2D eigenvalue weighted by atomic mass is 10.1. The summed E-state index contributed by atoms with van der Waals surface area (Å²) < 4.78 is 12.7. The number of carbonyl (C=O) groups is 1. The van der Waals surface area contributed by atoms with Gasteiger partial charge in [-0.2, -0.15) is 0 Å². The van der Waals surface area contributed by atoms with E-state index in [0.717, 1.165) is 4.90 Å². The van der Waals surface area contributed by atoms with Gasteiger partial charge in [0.15, 0.2) is 0 Å². The summed E-state index contributed by atoms with van der Waals surface area (Å²) in [6.07, 6.45) is -2.33. The Balaban J connectivity index is 2.49. The Morgan fingerprint density at radius 1 is 1.64 bits per heavy atom. The Labute approximate surface area is 63.2 Å². The van der Waals surface area contributed by atoms with Crippen LogP contribution in [0, 0.1) is 5.92 Å². The van der Waals surface area contributed by atoms with Gasteiger partial charge in [-0.1, -0.05) is 0 Å². The fraction of sp³-hybridized carbons (Fsp3) is 0.833. The van der Waals surface area contributed by atoms with Crippen LogP contribution in [0.25, 0.3) is 0 Å². The highest BCUT2D eigenvalue weighted by Gasteiger charge is 2.34. The number of alkyl halides is 1. The second-order valence-electron chi connectivity index (χ2n) is 2.65. The van der Waals surface area contributed by atoms with E-state index in [0.29, 0.717) is 0 Å². The van der Waals surface area contributed by atoms with Crippen LogP contribution in [-0.4, -0.2) is 47.1 Å². The fourth-order valence-corrected chi connectivity index (χ4v) is 1.16. The average Bonchev–Trinajstić information content (AvgIpc) is 2.31. The van der Waals surface area contributed by atoms with Crippen molar-refractivity contribution in [2.75, 3.05) is 19.7 Å². The summed E-state index contributed by atoms with van der Waals surface area (Å²) in [5.41, 5.74) is 0. The van der Waals surface area contributed by atoms with Crippen LogP contribution in [0.4, 0.5) is 9.18 Å². The van der Waals surface area contributed by atoms with Gasteiger partial charge in [-0.25, -0.2) is 9.18 Å². The minimum absolute atomic E-state index is 0.104. The van der Waals surface area contributed by atoms with E-state index >= 15 is 0 Å². The van der Waals surface area contributed by atoms with Crippen LogP contribution < -0.4 is 0 Å². The van der Waals surface area contributed by atoms with Crippen molar-refractivity contribution < 1.29 is 19.4 Å². The number of rotatable bonds is 1. The molecule has 4 nitrogen and oxygen atoms in total. The van der Waals surface area contributed by atoms with Crippen molar-refractivity contribution >= 4 is 6.09 Å². The molecule has 0 spiro atoms. The van der Waals surface area contributed by atoms with E-state index in [9.17, 15) is 9.18 Å². The van der Waals surface area contributed by atoms with Crippen LogP contribution in [0.5, 0.6) is 0 Å². The molecule has 0 bridgehead atoms. The minimum atomic E-state index is -1.21. The highest BCUT2D eigenvalue weighted by molar-refractivity contribution is 5.65. The van der Waals surface area contributed by atoms with Crippen molar-refractivity contribution in [2.24, 2.45) is 5.92 Å². The van der Waals surface area contributed by atoms with Crippen LogP contribution in [0.3, 0.4) is 0 Å². The third-order valence-electron chi connectivity index (χ3n) is 1.87. The van der Waals surface area contributed by atoms with Gasteiger partial charge in [0.1, 0.15) is 6.17 Å². The number of aliphatic hydroxyl groups is 1. The van der Waals surface area contributed by atoms with Crippen LogP contribution in [0.15, 0.2) is 0 Å². The van der Waals surface area contributed by atoms with E-state index in [1.807, 2.05) is 0 Å². The van der Waals surface area contributed by atoms with Crippen LogP contribution in [-0.2, 0) is 0 Å². The second kappa shape index (κ2) is 3.04. The molecule has 1 fully saturated rings.